The van der Waals surface area contributed by atoms with E-state index in [1.54, 1.807) is 12.1 Å². The van der Waals surface area contributed by atoms with E-state index in [4.69, 9.17) is 33.3 Å². The van der Waals surface area contributed by atoms with Crippen molar-refractivity contribution < 1.29 is 20.4 Å². The van der Waals surface area contributed by atoms with Crippen LogP contribution < -0.4 is 11.0 Å². The summed E-state index contributed by atoms with van der Waals surface area (Å²) < 4.78 is 0. The van der Waals surface area contributed by atoms with Gasteiger partial charge in [-0.3, -0.25) is 9.78 Å². The van der Waals surface area contributed by atoms with Crippen LogP contribution in [0.5, 0.6) is 0 Å². The lowest BCUT2D eigenvalue weighted by atomic mass is 9.84. The third-order valence-corrected chi connectivity index (χ3v) is 7.31. The van der Waals surface area contributed by atoms with E-state index < -0.39 is 30.5 Å². The van der Waals surface area contributed by atoms with Gasteiger partial charge in [0.25, 0.3) is 5.56 Å². The van der Waals surface area contributed by atoms with E-state index in [1.165, 1.54) is 0 Å². The maximum atomic E-state index is 13.5. The molecule has 12 heteroatoms. The summed E-state index contributed by atoms with van der Waals surface area (Å²) in [5.74, 6) is -0.0447. The molecule has 0 aliphatic heterocycles. The van der Waals surface area contributed by atoms with E-state index in [0.717, 1.165) is 59.0 Å². The quantitative estimate of drug-likeness (QED) is 0.133. The zero-order chi connectivity index (χ0) is 29.1. The second kappa shape index (κ2) is 12.5. The van der Waals surface area contributed by atoms with Crippen LogP contribution in [0.4, 0.5) is 5.95 Å². The molecule has 0 saturated heterocycles. The first kappa shape index (κ1) is 28.9. The Morgan fingerprint density at radius 1 is 1.00 bits per heavy atom. The number of aromatic amines is 1. The summed E-state index contributed by atoms with van der Waals surface area (Å²) in [5, 5.41) is 43.5. The molecule has 41 heavy (non-hydrogen) atoms. The van der Waals surface area contributed by atoms with Gasteiger partial charge in [0, 0.05) is 15.6 Å². The lowest BCUT2D eigenvalue weighted by molar-refractivity contribution is -0.0541. The number of anilines is 1. The Morgan fingerprint density at radius 3 is 2.37 bits per heavy atom. The minimum Gasteiger partial charge on any atom is -0.394 e. The third kappa shape index (κ3) is 6.33. The molecule has 0 saturated carbocycles. The highest BCUT2D eigenvalue weighted by Crippen LogP contribution is 2.40. The molecule has 2 aromatic heterocycles. The number of aliphatic hydroxyl groups excluding tert-OH is 4. The standard InChI is InChI=1S/C29H27Cl2N5O5/c30-18-8-4-15(5-9-18)12-17-2-1-3-20-23(16-6-10-19(31)11-7-16)24-27(33-25(17)20)34-29(35-28(24)41)36-32-13-21(38)26(40)22(39)14-37/h4-13,21-22,26,37-40H,1-3,14H2,(H2,33,34,35,36,41)/b17-12+,32-13+/t21-,22-,26+/m1/s1. The molecule has 5 rings (SSSR count). The number of pyridine rings is 1. The second-order valence-electron chi connectivity index (χ2n) is 9.63. The number of fused-ring (bicyclic) bond motifs is 2. The summed E-state index contributed by atoms with van der Waals surface area (Å²) in [6.45, 7) is -0.737. The number of aromatic nitrogens is 3. The zero-order valence-corrected chi connectivity index (χ0v) is 23.1. The predicted octanol–water partition coefficient (Wildman–Crippen LogP) is 3.64. The van der Waals surface area contributed by atoms with Crippen molar-refractivity contribution in [2.24, 2.45) is 5.10 Å². The molecule has 0 spiro atoms. The molecule has 6 N–H and O–H groups in total. The Hall–Kier alpha value is -3.64. The molecule has 0 radical (unpaired) electrons. The molecule has 212 valence electrons. The van der Waals surface area contributed by atoms with Crippen molar-refractivity contribution in [3.05, 3.63) is 85.8 Å². The van der Waals surface area contributed by atoms with Gasteiger partial charge >= 0.3 is 0 Å². The minimum absolute atomic E-state index is 0.0447. The van der Waals surface area contributed by atoms with Crippen LogP contribution in [-0.4, -0.2) is 66.5 Å². The van der Waals surface area contributed by atoms with E-state index in [0.29, 0.717) is 15.4 Å². The molecule has 2 aromatic carbocycles. The normalized spacial score (nSPS) is 16.6. The van der Waals surface area contributed by atoms with Crippen molar-refractivity contribution in [2.45, 2.75) is 37.6 Å². The largest absolute Gasteiger partial charge is 0.394 e. The molecule has 1 aliphatic rings. The molecule has 0 unspecified atom stereocenters. The van der Waals surface area contributed by atoms with Crippen LogP contribution in [0, 0.1) is 0 Å². The minimum atomic E-state index is -1.66. The Bertz CT molecular complexity index is 1670. The topological polar surface area (TPSA) is 164 Å². The lowest BCUT2D eigenvalue weighted by Gasteiger charge is -2.23. The molecular formula is C29H27Cl2N5O5. The van der Waals surface area contributed by atoms with Gasteiger partial charge in [0.05, 0.1) is 23.9 Å². The fourth-order valence-corrected chi connectivity index (χ4v) is 5.03. The summed E-state index contributed by atoms with van der Waals surface area (Å²) in [6.07, 6.45) is 0.563. The number of aliphatic hydroxyl groups is 4. The molecule has 3 atom stereocenters. The predicted molar refractivity (Wildman–Crippen MR) is 160 cm³/mol. The highest BCUT2D eigenvalue weighted by molar-refractivity contribution is 6.31. The molecular weight excluding hydrogens is 569 g/mol. The van der Waals surface area contributed by atoms with Crippen molar-refractivity contribution in [2.75, 3.05) is 12.0 Å². The fourth-order valence-electron chi connectivity index (χ4n) is 4.78. The van der Waals surface area contributed by atoms with Gasteiger partial charge in [-0.25, -0.2) is 10.4 Å². The maximum absolute atomic E-state index is 13.5. The van der Waals surface area contributed by atoms with E-state index in [1.807, 2.05) is 36.4 Å². The molecule has 2 heterocycles. The molecule has 0 fully saturated rings. The van der Waals surface area contributed by atoms with E-state index >= 15 is 0 Å². The number of hydrogen-bond donors (Lipinski definition) is 6. The average Bonchev–Trinajstić information content (AvgIpc) is 2.97. The van der Waals surface area contributed by atoms with Crippen molar-refractivity contribution in [3.8, 4) is 11.1 Å². The number of rotatable bonds is 8. The molecule has 0 bridgehead atoms. The maximum Gasteiger partial charge on any atom is 0.262 e. The third-order valence-electron chi connectivity index (χ3n) is 6.81. The number of hydrazone groups is 1. The van der Waals surface area contributed by atoms with Crippen LogP contribution in [0.1, 0.15) is 29.7 Å². The highest BCUT2D eigenvalue weighted by Gasteiger charge is 2.25. The van der Waals surface area contributed by atoms with E-state index in [-0.39, 0.29) is 11.6 Å². The van der Waals surface area contributed by atoms with Gasteiger partial charge in [0.1, 0.15) is 18.3 Å². The first-order valence-corrected chi connectivity index (χ1v) is 13.6. The van der Waals surface area contributed by atoms with Crippen molar-refractivity contribution in [1.82, 2.24) is 15.0 Å². The van der Waals surface area contributed by atoms with Crippen LogP contribution >= 0.6 is 23.2 Å². The fraction of sp³-hybridized carbons (Fsp3) is 0.241. The van der Waals surface area contributed by atoms with Crippen LogP contribution in [0.15, 0.2) is 58.4 Å². The van der Waals surface area contributed by atoms with Gasteiger partial charge in [0.15, 0.2) is 5.65 Å². The van der Waals surface area contributed by atoms with Crippen LogP contribution in [0.3, 0.4) is 0 Å². The van der Waals surface area contributed by atoms with Crippen LogP contribution in [-0.2, 0) is 6.42 Å². The van der Waals surface area contributed by atoms with Gasteiger partial charge in [-0.2, -0.15) is 10.1 Å². The summed E-state index contributed by atoms with van der Waals surface area (Å²) in [4.78, 5) is 25.5. The number of nitrogens with zero attached hydrogens (tertiary/aromatic N) is 3. The summed E-state index contributed by atoms with van der Waals surface area (Å²) in [7, 11) is 0. The number of H-pyrrole nitrogens is 1. The monoisotopic (exact) mass is 595 g/mol. The molecule has 1 aliphatic carbocycles. The van der Waals surface area contributed by atoms with Gasteiger partial charge < -0.3 is 20.4 Å². The summed E-state index contributed by atoms with van der Waals surface area (Å²) >= 11 is 12.2. The van der Waals surface area contributed by atoms with E-state index in [2.05, 4.69) is 26.6 Å². The van der Waals surface area contributed by atoms with Crippen LogP contribution in [0.2, 0.25) is 10.0 Å². The van der Waals surface area contributed by atoms with Crippen LogP contribution in [0.25, 0.3) is 33.8 Å². The Balaban J connectivity index is 1.62. The molecule has 4 aromatic rings. The van der Waals surface area contributed by atoms with Gasteiger partial charge in [-0.05, 0) is 71.9 Å². The van der Waals surface area contributed by atoms with Crippen molar-refractivity contribution in [3.63, 3.8) is 0 Å². The SMILES string of the molecule is O=c1[nH]c(N/N=C/[C@@H](O)[C@H](O)[C@H](O)CO)nc2nc3c(c(-c4ccc(Cl)cc4)c12)CCC/C3=C\c1ccc(Cl)cc1. The molecule has 10 nitrogen and oxygen atoms in total. The number of benzene rings is 2. The summed E-state index contributed by atoms with van der Waals surface area (Å²) in [5.41, 5.74) is 7.45. The number of hydrogen-bond acceptors (Lipinski definition) is 9. The van der Waals surface area contributed by atoms with Gasteiger partial charge in [0.2, 0.25) is 5.95 Å². The van der Waals surface area contributed by atoms with Gasteiger partial charge in [-0.15, -0.1) is 0 Å². The Labute approximate surface area is 244 Å². The average molecular weight is 596 g/mol. The second-order valence-corrected chi connectivity index (χ2v) is 10.5. The Kier molecular flexibility index (Phi) is 8.79. The van der Waals surface area contributed by atoms with Crippen molar-refractivity contribution in [1.29, 1.82) is 0 Å². The zero-order valence-electron chi connectivity index (χ0n) is 21.6. The first-order valence-electron chi connectivity index (χ1n) is 12.9. The Morgan fingerprint density at radius 2 is 1.68 bits per heavy atom. The summed E-state index contributed by atoms with van der Waals surface area (Å²) in [6, 6.07) is 14.8. The lowest BCUT2D eigenvalue weighted by Crippen LogP contribution is -2.40. The number of allylic oxidation sites excluding steroid dienone is 1. The number of halogens is 2. The van der Waals surface area contributed by atoms with Crippen molar-refractivity contribution >= 4 is 58.0 Å². The van der Waals surface area contributed by atoms with Gasteiger partial charge in [-0.1, -0.05) is 47.5 Å². The smallest absolute Gasteiger partial charge is 0.262 e. The molecule has 0 amide bonds. The number of nitrogens with one attached hydrogen (secondary N) is 2. The van der Waals surface area contributed by atoms with E-state index in [9.17, 15) is 20.1 Å². The first-order chi connectivity index (χ1) is 19.7. The highest BCUT2D eigenvalue weighted by atomic mass is 35.5.